The van der Waals surface area contributed by atoms with E-state index in [9.17, 15) is 4.79 Å². The highest BCUT2D eigenvalue weighted by atomic mass is 35.5. The van der Waals surface area contributed by atoms with Crippen LogP contribution in [0.2, 0.25) is 10.0 Å². The van der Waals surface area contributed by atoms with Gasteiger partial charge in [0.05, 0.1) is 5.57 Å². The molecule has 4 heterocycles. The van der Waals surface area contributed by atoms with Crippen LogP contribution in [0.4, 0.5) is 11.1 Å². The predicted molar refractivity (Wildman–Crippen MR) is 152 cm³/mol. The van der Waals surface area contributed by atoms with Gasteiger partial charge in [-0.3, -0.25) is 20.4 Å². The molecule has 1 atom stereocenters. The maximum absolute atomic E-state index is 13.6. The Labute approximate surface area is 235 Å². The summed E-state index contributed by atoms with van der Waals surface area (Å²) in [5, 5.41) is 19.3. The summed E-state index contributed by atoms with van der Waals surface area (Å²) in [6.45, 7) is 1.78. The van der Waals surface area contributed by atoms with Crippen LogP contribution in [0.15, 0.2) is 87.7 Å². The summed E-state index contributed by atoms with van der Waals surface area (Å²) in [6.07, 6.45) is 3.36. The number of pyridine rings is 1. The topological polar surface area (TPSA) is 130 Å². The quantitative estimate of drug-likeness (QED) is 0.229. The van der Waals surface area contributed by atoms with Gasteiger partial charge in [0.25, 0.3) is 5.91 Å². The summed E-state index contributed by atoms with van der Waals surface area (Å²) in [5.74, 6) is -0.0560. The Hall–Kier alpha value is -4.32. The number of fused-ring (bicyclic) bond motifs is 1. The number of amides is 1. The lowest BCUT2D eigenvalue weighted by atomic mass is 9.95. The SMILES string of the molecule is CC1=C(C(=O)Nc2nnc(-c3cccnc3)s2)C(c2ccccc2Cl)N=C(Nc2nc3ccc(Cl)cc3o2)N1. The number of nitrogens with one attached hydrogen (secondary N) is 3. The molecule has 0 bridgehead atoms. The average Bonchev–Trinajstić information content (AvgIpc) is 3.55. The Morgan fingerprint density at radius 1 is 1.10 bits per heavy atom. The summed E-state index contributed by atoms with van der Waals surface area (Å²) in [6, 6.07) is 15.6. The maximum Gasteiger partial charge on any atom is 0.302 e. The molecule has 0 fully saturated rings. The van der Waals surface area contributed by atoms with Crippen LogP contribution in [0.1, 0.15) is 18.5 Å². The Kier molecular flexibility index (Phi) is 6.69. The maximum atomic E-state index is 13.6. The molecule has 3 N–H and O–H groups in total. The molecule has 3 aromatic heterocycles. The van der Waals surface area contributed by atoms with Crippen molar-refractivity contribution in [2.45, 2.75) is 13.0 Å². The van der Waals surface area contributed by atoms with Crippen molar-refractivity contribution in [3.05, 3.63) is 93.9 Å². The molecule has 1 amide bonds. The summed E-state index contributed by atoms with van der Waals surface area (Å²) < 4.78 is 5.78. The van der Waals surface area contributed by atoms with Gasteiger partial charge in [0.15, 0.2) is 10.6 Å². The fraction of sp³-hybridized carbons (Fsp3) is 0.0769. The fourth-order valence-corrected chi connectivity index (χ4v) is 5.18. The molecule has 6 rings (SSSR count). The lowest BCUT2D eigenvalue weighted by Crippen LogP contribution is -2.37. The van der Waals surface area contributed by atoms with Crippen LogP contribution >= 0.6 is 34.5 Å². The van der Waals surface area contributed by atoms with E-state index in [1.54, 1.807) is 43.6 Å². The van der Waals surface area contributed by atoms with Crippen molar-refractivity contribution in [3.8, 4) is 10.6 Å². The van der Waals surface area contributed by atoms with Crippen molar-refractivity contribution in [2.75, 3.05) is 10.6 Å². The van der Waals surface area contributed by atoms with Gasteiger partial charge < -0.3 is 9.73 Å². The highest BCUT2D eigenvalue weighted by Crippen LogP contribution is 2.36. The predicted octanol–water partition coefficient (Wildman–Crippen LogP) is 6.07. The lowest BCUT2D eigenvalue weighted by molar-refractivity contribution is -0.113. The van der Waals surface area contributed by atoms with E-state index < -0.39 is 11.9 Å². The second kappa shape index (κ2) is 10.4. The number of guanidine groups is 1. The van der Waals surface area contributed by atoms with Gasteiger partial charge >= 0.3 is 6.01 Å². The first kappa shape index (κ1) is 25.0. The van der Waals surface area contributed by atoms with Crippen LogP contribution in [-0.4, -0.2) is 32.0 Å². The number of anilines is 2. The molecule has 1 aliphatic rings. The highest BCUT2D eigenvalue weighted by Gasteiger charge is 2.31. The zero-order valence-electron chi connectivity index (χ0n) is 20.1. The number of allylic oxidation sites excluding steroid dienone is 1. The van der Waals surface area contributed by atoms with Gasteiger partial charge in [-0.1, -0.05) is 52.7 Å². The summed E-state index contributed by atoms with van der Waals surface area (Å²) in [4.78, 5) is 26.9. The van der Waals surface area contributed by atoms with E-state index >= 15 is 0 Å². The number of aliphatic imine (C=N–C) groups is 1. The first-order valence-corrected chi connectivity index (χ1v) is 13.2. The summed E-state index contributed by atoms with van der Waals surface area (Å²) in [5.41, 5.74) is 3.56. The standard InChI is InChI=1S/C26H18Cl2N8O2S/c1-13-20(22(37)33-26-36-35-23(39-26)14-5-4-10-29-12-14)21(16-6-2-3-7-17(16)28)32-24(30-13)34-25-31-18-9-8-15(27)11-19(18)38-25/h2-12,21H,1H3,(H,33,36,37)(H2,30,31,32,34). The highest BCUT2D eigenvalue weighted by molar-refractivity contribution is 7.18. The molecule has 39 heavy (non-hydrogen) atoms. The monoisotopic (exact) mass is 576 g/mol. The van der Waals surface area contributed by atoms with Gasteiger partial charge in [0.2, 0.25) is 11.1 Å². The number of oxazole rings is 1. The van der Waals surface area contributed by atoms with Gasteiger partial charge in [0.1, 0.15) is 11.6 Å². The third-order valence-corrected chi connectivity index (χ3v) is 7.28. The average molecular weight is 577 g/mol. The molecule has 2 aromatic carbocycles. The zero-order valence-corrected chi connectivity index (χ0v) is 22.5. The van der Waals surface area contributed by atoms with Crippen LogP contribution < -0.4 is 16.0 Å². The summed E-state index contributed by atoms with van der Waals surface area (Å²) >= 11 is 13.9. The molecule has 10 nitrogen and oxygen atoms in total. The van der Waals surface area contributed by atoms with Gasteiger partial charge in [-0.2, -0.15) is 4.98 Å². The van der Waals surface area contributed by atoms with E-state index in [1.165, 1.54) is 11.3 Å². The van der Waals surface area contributed by atoms with Gasteiger partial charge in [0, 0.05) is 45.3 Å². The third-order valence-electron chi connectivity index (χ3n) is 5.82. The second-order valence-electron chi connectivity index (χ2n) is 8.43. The van der Waals surface area contributed by atoms with Crippen LogP contribution in [-0.2, 0) is 4.79 Å². The van der Waals surface area contributed by atoms with Gasteiger partial charge in [-0.15, -0.1) is 10.2 Å². The lowest BCUT2D eigenvalue weighted by Gasteiger charge is -2.26. The first-order chi connectivity index (χ1) is 18.9. The number of hydrogen-bond donors (Lipinski definition) is 3. The molecule has 1 aliphatic heterocycles. The van der Waals surface area contributed by atoms with E-state index in [4.69, 9.17) is 32.6 Å². The minimum atomic E-state index is -0.730. The van der Waals surface area contributed by atoms with Crippen molar-refractivity contribution in [1.82, 2.24) is 25.5 Å². The molecule has 0 radical (unpaired) electrons. The Bertz CT molecular complexity index is 1770. The normalized spacial score (nSPS) is 15.2. The molecular formula is C26H18Cl2N8O2S. The van der Waals surface area contributed by atoms with Crippen molar-refractivity contribution in [2.24, 2.45) is 4.99 Å². The molecule has 0 aliphatic carbocycles. The van der Waals surface area contributed by atoms with E-state index in [0.717, 1.165) is 5.56 Å². The number of carbonyl (C=O) groups excluding carboxylic acids is 1. The minimum absolute atomic E-state index is 0.217. The van der Waals surface area contributed by atoms with E-state index in [0.29, 0.717) is 54.1 Å². The molecule has 1 unspecified atom stereocenters. The van der Waals surface area contributed by atoms with Crippen molar-refractivity contribution in [3.63, 3.8) is 0 Å². The van der Waals surface area contributed by atoms with Gasteiger partial charge in [-0.25, -0.2) is 4.99 Å². The largest absolute Gasteiger partial charge is 0.423 e. The number of carbonyl (C=O) groups is 1. The van der Waals surface area contributed by atoms with Crippen molar-refractivity contribution in [1.29, 1.82) is 0 Å². The third kappa shape index (κ3) is 5.19. The molecule has 0 saturated carbocycles. The van der Waals surface area contributed by atoms with Crippen molar-refractivity contribution < 1.29 is 9.21 Å². The van der Waals surface area contributed by atoms with Crippen LogP contribution in [0.25, 0.3) is 21.7 Å². The molecule has 0 spiro atoms. The smallest absolute Gasteiger partial charge is 0.302 e. The van der Waals surface area contributed by atoms with Gasteiger partial charge in [-0.05, 0) is 37.3 Å². The Balaban J connectivity index is 1.30. The Morgan fingerprint density at radius 3 is 2.79 bits per heavy atom. The van der Waals surface area contributed by atoms with E-state index in [1.807, 2.05) is 30.3 Å². The number of rotatable bonds is 5. The molecular weight excluding hydrogens is 559 g/mol. The fourth-order valence-electron chi connectivity index (χ4n) is 4.05. The minimum Gasteiger partial charge on any atom is -0.423 e. The number of benzene rings is 2. The van der Waals surface area contributed by atoms with E-state index in [2.05, 4.69) is 36.1 Å². The van der Waals surface area contributed by atoms with Crippen molar-refractivity contribution >= 4 is 68.7 Å². The zero-order chi connectivity index (χ0) is 26.9. The Morgan fingerprint density at radius 2 is 1.97 bits per heavy atom. The molecule has 13 heteroatoms. The second-order valence-corrected chi connectivity index (χ2v) is 10.3. The van der Waals surface area contributed by atoms with Crippen LogP contribution in [0, 0.1) is 0 Å². The number of nitrogens with zero attached hydrogens (tertiary/aromatic N) is 5. The summed E-state index contributed by atoms with van der Waals surface area (Å²) in [7, 11) is 0. The van der Waals surface area contributed by atoms with Crippen LogP contribution in [0.3, 0.4) is 0 Å². The number of halogens is 2. The number of hydrogen-bond acceptors (Lipinski definition) is 10. The molecule has 5 aromatic rings. The molecule has 194 valence electrons. The van der Waals surface area contributed by atoms with Crippen LogP contribution in [0.5, 0.6) is 0 Å². The van der Waals surface area contributed by atoms with E-state index in [-0.39, 0.29) is 6.01 Å². The molecule has 0 saturated heterocycles. The number of aromatic nitrogens is 4. The first-order valence-electron chi connectivity index (χ1n) is 11.6.